The van der Waals surface area contributed by atoms with Crippen LogP contribution in [0.15, 0.2) is 222 Å². The summed E-state index contributed by atoms with van der Waals surface area (Å²) in [4.78, 5) is 64.3. The van der Waals surface area contributed by atoms with Gasteiger partial charge in [0.15, 0.2) is 11.6 Å². The van der Waals surface area contributed by atoms with Crippen LogP contribution < -0.4 is 0 Å². The first-order valence-corrected chi connectivity index (χ1v) is 25.6. The minimum atomic E-state index is -0.520. The normalized spacial score (nSPS) is 11.6. The first-order valence-electron chi connectivity index (χ1n) is 22.3. The Kier molecular flexibility index (Phi) is 14.9. The van der Waals surface area contributed by atoms with Crippen LogP contribution in [-0.2, 0) is 22.7 Å². The molecule has 0 aromatic heterocycles. The lowest BCUT2D eigenvalue weighted by Gasteiger charge is -2.26. The third-order valence-electron chi connectivity index (χ3n) is 11.5. The predicted molar refractivity (Wildman–Crippen MR) is 283 cm³/mol. The van der Waals surface area contributed by atoms with E-state index in [1.54, 1.807) is 36.4 Å². The van der Waals surface area contributed by atoms with E-state index in [9.17, 15) is 9.59 Å². The van der Waals surface area contributed by atoms with Crippen LogP contribution >= 0.6 is 47.0 Å². The first kappa shape index (κ1) is 48.0. The van der Waals surface area contributed by atoms with Crippen molar-refractivity contribution in [3.8, 4) is 0 Å². The molecular weight excluding hydrogens is 945 g/mol. The minimum Gasteiger partial charge on any atom is -0.457 e. The van der Waals surface area contributed by atoms with E-state index in [0.29, 0.717) is 40.5 Å². The molecule has 0 aliphatic heterocycles. The Morgan fingerprint density at radius 3 is 1.09 bits per heavy atom. The third-order valence-corrected chi connectivity index (χ3v) is 15.9. The minimum absolute atomic E-state index is 0.0671. The fourth-order valence-corrected chi connectivity index (χ4v) is 11.8. The predicted octanol–water partition coefficient (Wildman–Crippen LogP) is 15.7. The number of aryl methyl sites for hydroxylation is 2. The van der Waals surface area contributed by atoms with Crippen molar-refractivity contribution in [2.75, 3.05) is 0 Å². The van der Waals surface area contributed by atoms with E-state index >= 15 is 9.59 Å². The highest BCUT2D eigenvalue weighted by atomic mass is 32.2. The summed E-state index contributed by atoms with van der Waals surface area (Å²) in [6, 6.07) is 53.0. The molecule has 70 heavy (non-hydrogen) atoms. The molecule has 10 heteroatoms. The van der Waals surface area contributed by atoms with Crippen molar-refractivity contribution in [1.29, 1.82) is 0 Å². The van der Waals surface area contributed by atoms with Crippen LogP contribution in [0.2, 0.25) is 0 Å². The van der Waals surface area contributed by atoms with Crippen LogP contribution in [0.3, 0.4) is 0 Å². The van der Waals surface area contributed by atoms with Gasteiger partial charge in [-0.05, 0) is 109 Å². The second-order valence-corrected chi connectivity index (χ2v) is 20.8. The van der Waals surface area contributed by atoms with Crippen molar-refractivity contribution < 1.29 is 28.7 Å². The summed E-state index contributed by atoms with van der Waals surface area (Å²) >= 11 is 5.32. The Hall–Kier alpha value is -7.08. The average molecular weight is 989 g/mol. The van der Waals surface area contributed by atoms with Gasteiger partial charge in [-0.25, -0.2) is 9.59 Å². The lowest BCUT2D eigenvalue weighted by atomic mass is 9.84. The highest BCUT2D eigenvalue weighted by Gasteiger charge is 2.39. The van der Waals surface area contributed by atoms with E-state index in [4.69, 9.17) is 9.47 Å². The molecule has 0 amide bonds. The zero-order valence-corrected chi connectivity index (χ0v) is 41.5. The number of rotatable bonds is 16. The summed E-state index contributed by atoms with van der Waals surface area (Å²) in [6.07, 6.45) is 3.50. The van der Waals surface area contributed by atoms with E-state index in [2.05, 4.69) is 13.2 Å². The van der Waals surface area contributed by atoms with Gasteiger partial charge < -0.3 is 9.47 Å². The zero-order chi connectivity index (χ0) is 48.7. The van der Waals surface area contributed by atoms with Crippen molar-refractivity contribution in [3.63, 3.8) is 0 Å². The van der Waals surface area contributed by atoms with E-state index in [1.807, 2.05) is 159 Å². The lowest BCUT2D eigenvalue weighted by molar-refractivity contribution is 0.0460. The number of ether oxygens (including phenoxy) is 2. The molecule has 0 spiro atoms. The van der Waals surface area contributed by atoms with Crippen LogP contribution in [0.4, 0.5) is 0 Å². The summed E-state index contributed by atoms with van der Waals surface area (Å²) < 4.78 is 11.6. The largest absolute Gasteiger partial charge is 0.457 e. The van der Waals surface area contributed by atoms with Gasteiger partial charge in [0.05, 0.1) is 11.1 Å². The SMILES string of the molecule is C=Cc1ccc(COC(=O)c2ccccc2Sc2ccc(Sc3ccc(C)cc3)c3c2C(=O)c2c(Sc4ccc(C)cc4)ccc(Sc4ccccc4C(=O)OCc4ccc(C=C)cc4)c2C3=O)cc1. The number of hydrogen-bond acceptors (Lipinski definition) is 10. The molecule has 0 heterocycles. The highest BCUT2D eigenvalue weighted by Crippen LogP contribution is 2.49. The maximum Gasteiger partial charge on any atom is 0.339 e. The van der Waals surface area contributed by atoms with Crippen LogP contribution in [0.5, 0.6) is 0 Å². The Morgan fingerprint density at radius 1 is 0.414 bits per heavy atom. The maximum atomic E-state index is 15.8. The molecule has 0 saturated heterocycles. The maximum absolute atomic E-state index is 15.8. The summed E-state index contributed by atoms with van der Waals surface area (Å²) in [5.74, 6) is -1.69. The van der Waals surface area contributed by atoms with Gasteiger partial charge >= 0.3 is 11.9 Å². The first-order chi connectivity index (χ1) is 34.1. The van der Waals surface area contributed by atoms with Gasteiger partial charge in [-0.2, -0.15) is 0 Å². The summed E-state index contributed by atoms with van der Waals surface area (Å²) in [7, 11) is 0. The van der Waals surface area contributed by atoms with Gasteiger partial charge in [-0.15, -0.1) is 0 Å². The standard InChI is InChI=1S/C60H44O6S4/c1-5-39-19-23-41(24-20-39)35-65-59(63)45-11-7-9-13-47(45)69-51-33-31-49(67-43-27-15-37(3)16-28-43)53-55(51)57(61)54-50(68-44-29-17-38(4)18-30-44)32-34-52(56(54)58(53)62)70-48-14-10-8-12-46(48)60(64)66-36-42-25-21-40(6-2)22-26-42/h5-34H,1-2,35-36H2,3-4H3. The molecule has 0 radical (unpaired) electrons. The number of esters is 2. The molecular formula is C60H44O6S4. The number of ketones is 2. The van der Waals surface area contributed by atoms with Crippen molar-refractivity contribution >= 4 is 82.7 Å². The van der Waals surface area contributed by atoms with Crippen molar-refractivity contribution in [3.05, 3.63) is 250 Å². The highest BCUT2D eigenvalue weighted by molar-refractivity contribution is 8.00. The van der Waals surface area contributed by atoms with E-state index < -0.39 is 11.9 Å². The second kappa shape index (κ2) is 21.7. The van der Waals surface area contributed by atoms with Crippen molar-refractivity contribution in [2.24, 2.45) is 0 Å². The molecule has 1 aliphatic rings. The number of hydrogen-bond donors (Lipinski definition) is 0. The molecule has 8 aromatic carbocycles. The monoisotopic (exact) mass is 988 g/mol. The third kappa shape index (κ3) is 10.7. The molecule has 0 N–H and O–H groups in total. The van der Waals surface area contributed by atoms with Crippen LogP contribution in [0, 0.1) is 13.8 Å². The Morgan fingerprint density at radius 2 is 0.743 bits per heavy atom. The molecule has 6 nitrogen and oxygen atoms in total. The van der Waals surface area contributed by atoms with Crippen LogP contribution in [0.1, 0.15) is 85.9 Å². The molecule has 344 valence electrons. The number of carbonyl (C=O) groups excluding carboxylic acids is 4. The summed E-state index contributed by atoms with van der Waals surface area (Å²) in [5, 5.41) is 0. The molecule has 0 unspecified atom stereocenters. The van der Waals surface area contributed by atoms with E-state index in [-0.39, 0.29) is 47.0 Å². The fraction of sp³-hybridized carbons (Fsp3) is 0.0667. The quantitative estimate of drug-likeness (QED) is 0.0872. The van der Waals surface area contributed by atoms with E-state index in [0.717, 1.165) is 43.2 Å². The van der Waals surface area contributed by atoms with Gasteiger partial charge in [0.25, 0.3) is 0 Å². The van der Waals surface area contributed by atoms with Gasteiger partial charge in [0.1, 0.15) is 13.2 Å². The van der Waals surface area contributed by atoms with Gasteiger partial charge in [-0.3, -0.25) is 9.59 Å². The van der Waals surface area contributed by atoms with Crippen molar-refractivity contribution in [2.45, 2.75) is 66.2 Å². The molecule has 0 atom stereocenters. The van der Waals surface area contributed by atoms with E-state index in [1.165, 1.54) is 47.0 Å². The second-order valence-electron chi connectivity index (χ2n) is 16.4. The molecule has 0 saturated carbocycles. The van der Waals surface area contributed by atoms with Crippen LogP contribution in [0.25, 0.3) is 12.2 Å². The molecule has 1 aliphatic carbocycles. The topological polar surface area (TPSA) is 86.7 Å². The molecule has 9 rings (SSSR count). The Labute approximate surface area is 424 Å². The number of fused-ring (bicyclic) bond motifs is 2. The Bertz CT molecular complexity index is 3100. The molecule has 0 fully saturated rings. The fourth-order valence-electron chi connectivity index (χ4n) is 7.73. The molecule has 8 aromatic rings. The lowest BCUT2D eigenvalue weighted by Crippen LogP contribution is -2.24. The number of benzene rings is 8. The molecule has 0 bridgehead atoms. The van der Waals surface area contributed by atoms with Gasteiger partial charge in [-0.1, -0.05) is 181 Å². The zero-order valence-electron chi connectivity index (χ0n) is 38.2. The smallest absolute Gasteiger partial charge is 0.339 e. The Balaban J connectivity index is 1.13. The summed E-state index contributed by atoms with van der Waals surface area (Å²) in [5.41, 5.74) is 7.45. The van der Waals surface area contributed by atoms with Gasteiger partial charge in [0, 0.05) is 61.4 Å². The number of carbonyl (C=O) groups is 4. The van der Waals surface area contributed by atoms with Gasteiger partial charge in [0.2, 0.25) is 0 Å². The summed E-state index contributed by atoms with van der Waals surface area (Å²) in [6.45, 7) is 11.8. The average Bonchev–Trinajstić information content (AvgIpc) is 3.39. The van der Waals surface area contributed by atoms with Crippen molar-refractivity contribution in [1.82, 2.24) is 0 Å². The van der Waals surface area contributed by atoms with Crippen LogP contribution in [-0.4, -0.2) is 23.5 Å².